The number of benzene rings is 1. The van der Waals surface area contributed by atoms with Crippen LogP contribution in [0.15, 0.2) is 30.5 Å². The van der Waals surface area contributed by atoms with Crippen LogP contribution in [0.5, 0.6) is 0 Å². The Labute approximate surface area is 149 Å². The predicted octanol–water partition coefficient (Wildman–Crippen LogP) is 2.37. The van der Waals surface area contributed by atoms with Crippen LogP contribution < -0.4 is 5.32 Å². The molecule has 1 aromatic heterocycles. The molecule has 2 rings (SSSR count). The normalized spacial score (nSPS) is 10.5. The van der Waals surface area contributed by atoms with Gasteiger partial charge in [0.25, 0.3) is 11.6 Å². The summed E-state index contributed by atoms with van der Waals surface area (Å²) in [4.78, 5) is 33.1. The zero-order valence-electron chi connectivity index (χ0n) is 14.3. The van der Waals surface area contributed by atoms with Crippen molar-refractivity contribution >= 4 is 17.6 Å². The summed E-state index contributed by atoms with van der Waals surface area (Å²) >= 11 is 0. The van der Waals surface area contributed by atoms with Gasteiger partial charge < -0.3 is 10.4 Å². The quantitative estimate of drug-likeness (QED) is 0.401. The van der Waals surface area contributed by atoms with E-state index >= 15 is 0 Å². The van der Waals surface area contributed by atoms with E-state index in [0.29, 0.717) is 36.2 Å². The van der Waals surface area contributed by atoms with Crippen LogP contribution >= 0.6 is 0 Å². The van der Waals surface area contributed by atoms with E-state index in [-0.39, 0.29) is 18.0 Å². The summed E-state index contributed by atoms with van der Waals surface area (Å²) in [5.41, 5.74) is 1.41. The van der Waals surface area contributed by atoms with E-state index < -0.39 is 10.9 Å². The first kappa shape index (κ1) is 19.1. The van der Waals surface area contributed by atoms with Gasteiger partial charge in [-0.3, -0.25) is 24.4 Å². The van der Waals surface area contributed by atoms with Crippen LogP contribution in [0.1, 0.15) is 36.0 Å². The minimum absolute atomic E-state index is 0.0305. The largest absolute Gasteiger partial charge is 0.481 e. The molecule has 0 radical (unpaired) electrons. The summed E-state index contributed by atoms with van der Waals surface area (Å²) in [6, 6.07) is 5.86. The molecule has 0 atom stereocenters. The monoisotopic (exact) mass is 360 g/mol. The fourth-order valence-corrected chi connectivity index (χ4v) is 2.48. The van der Waals surface area contributed by atoms with E-state index in [2.05, 4.69) is 10.4 Å². The van der Waals surface area contributed by atoms with Gasteiger partial charge in [-0.1, -0.05) is 6.42 Å². The van der Waals surface area contributed by atoms with E-state index in [1.54, 1.807) is 25.4 Å². The molecule has 0 fully saturated rings. The Morgan fingerprint density at radius 2 is 1.92 bits per heavy atom. The molecule has 0 unspecified atom stereocenters. The van der Waals surface area contributed by atoms with Gasteiger partial charge in [0.2, 0.25) is 0 Å². The minimum atomic E-state index is -0.822. The van der Waals surface area contributed by atoms with Crippen molar-refractivity contribution in [1.29, 1.82) is 0 Å². The Morgan fingerprint density at radius 3 is 2.54 bits per heavy atom. The molecular formula is C17H20N4O5. The zero-order chi connectivity index (χ0) is 19.1. The minimum Gasteiger partial charge on any atom is -0.481 e. The third kappa shape index (κ3) is 5.13. The van der Waals surface area contributed by atoms with E-state index in [4.69, 9.17) is 5.11 Å². The van der Waals surface area contributed by atoms with Gasteiger partial charge in [0.05, 0.1) is 10.5 Å². The van der Waals surface area contributed by atoms with Crippen LogP contribution in [0.2, 0.25) is 0 Å². The number of rotatable bonds is 9. The number of nitro benzene ring substituents is 1. The first-order valence-electron chi connectivity index (χ1n) is 8.17. The van der Waals surface area contributed by atoms with E-state index in [1.165, 1.54) is 16.8 Å². The van der Waals surface area contributed by atoms with Crippen molar-refractivity contribution in [2.75, 3.05) is 6.54 Å². The number of aliphatic carboxylic acids is 1. The first-order chi connectivity index (χ1) is 12.4. The van der Waals surface area contributed by atoms with Crippen LogP contribution in [0, 0.1) is 10.1 Å². The molecule has 138 valence electrons. The number of carbonyl (C=O) groups is 2. The lowest BCUT2D eigenvalue weighted by atomic mass is 10.1. The SMILES string of the molecule is Cn1cc(C(=O)NCCCCCC(=O)O)c(-c2ccc([N+](=O)[O-])cc2)n1. The Morgan fingerprint density at radius 1 is 1.23 bits per heavy atom. The van der Waals surface area contributed by atoms with Crippen molar-refractivity contribution in [2.45, 2.75) is 25.7 Å². The molecule has 2 N–H and O–H groups in total. The number of non-ortho nitro benzene ring substituents is 1. The highest BCUT2D eigenvalue weighted by Crippen LogP contribution is 2.24. The topological polar surface area (TPSA) is 127 Å². The van der Waals surface area contributed by atoms with Crippen molar-refractivity contribution in [3.8, 4) is 11.3 Å². The van der Waals surface area contributed by atoms with E-state index in [1.807, 2.05) is 0 Å². The number of amides is 1. The molecule has 0 bridgehead atoms. The number of carboxylic acid groups (broad SMARTS) is 1. The molecular weight excluding hydrogens is 340 g/mol. The average molecular weight is 360 g/mol. The van der Waals surface area contributed by atoms with Gasteiger partial charge in [0, 0.05) is 43.9 Å². The van der Waals surface area contributed by atoms with Gasteiger partial charge in [0.1, 0.15) is 5.69 Å². The van der Waals surface area contributed by atoms with Crippen molar-refractivity contribution < 1.29 is 19.6 Å². The summed E-state index contributed by atoms with van der Waals surface area (Å²) in [7, 11) is 1.69. The summed E-state index contributed by atoms with van der Waals surface area (Å²) in [5, 5.41) is 26.4. The fraction of sp³-hybridized carbons (Fsp3) is 0.353. The average Bonchev–Trinajstić information content (AvgIpc) is 2.99. The molecule has 0 spiro atoms. The van der Waals surface area contributed by atoms with Crippen LogP contribution in [0.4, 0.5) is 5.69 Å². The second-order valence-electron chi connectivity index (χ2n) is 5.83. The van der Waals surface area contributed by atoms with Gasteiger partial charge in [-0.2, -0.15) is 5.10 Å². The number of hydrogen-bond acceptors (Lipinski definition) is 5. The van der Waals surface area contributed by atoms with E-state index in [0.717, 1.165) is 6.42 Å². The number of hydrogen-bond donors (Lipinski definition) is 2. The maximum atomic E-state index is 12.4. The van der Waals surface area contributed by atoms with Gasteiger partial charge in [-0.25, -0.2) is 0 Å². The van der Waals surface area contributed by atoms with Crippen molar-refractivity contribution in [3.05, 3.63) is 46.1 Å². The number of unbranched alkanes of at least 4 members (excludes halogenated alkanes) is 2. The summed E-state index contributed by atoms with van der Waals surface area (Å²) in [5.74, 6) is -1.11. The summed E-state index contributed by atoms with van der Waals surface area (Å²) in [6.45, 7) is 0.438. The smallest absolute Gasteiger partial charge is 0.303 e. The highest BCUT2D eigenvalue weighted by atomic mass is 16.6. The van der Waals surface area contributed by atoms with Crippen LogP contribution in [-0.2, 0) is 11.8 Å². The Kier molecular flexibility index (Phi) is 6.42. The lowest BCUT2D eigenvalue weighted by molar-refractivity contribution is -0.384. The molecule has 1 aromatic carbocycles. The lowest BCUT2D eigenvalue weighted by Gasteiger charge is -2.05. The third-order valence-corrected chi connectivity index (χ3v) is 3.78. The number of carbonyl (C=O) groups excluding carboxylic acids is 1. The summed E-state index contributed by atoms with van der Waals surface area (Å²) < 4.78 is 1.51. The number of nitro groups is 1. The lowest BCUT2D eigenvalue weighted by Crippen LogP contribution is -2.24. The first-order valence-corrected chi connectivity index (χ1v) is 8.17. The van der Waals surface area contributed by atoms with Crippen molar-refractivity contribution in [2.24, 2.45) is 7.05 Å². The maximum Gasteiger partial charge on any atom is 0.303 e. The number of aryl methyl sites for hydroxylation is 1. The molecule has 9 heteroatoms. The van der Waals surface area contributed by atoms with Crippen LogP contribution in [0.25, 0.3) is 11.3 Å². The second kappa shape index (κ2) is 8.75. The van der Waals surface area contributed by atoms with Crippen molar-refractivity contribution in [3.63, 3.8) is 0 Å². The molecule has 0 saturated carbocycles. The van der Waals surface area contributed by atoms with Crippen LogP contribution in [-0.4, -0.2) is 38.2 Å². The maximum absolute atomic E-state index is 12.4. The predicted molar refractivity (Wildman–Crippen MR) is 93.7 cm³/mol. The van der Waals surface area contributed by atoms with Gasteiger partial charge in [-0.05, 0) is 25.0 Å². The highest BCUT2D eigenvalue weighted by molar-refractivity contribution is 5.99. The standard InChI is InChI=1S/C17H20N4O5/c1-20-11-14(17(24)18-10-4-2-3-5-15(22)23)16(19-20)12-6-8-13(9-7-12)21(25)26/h6-9,11H,2-5,10H2,1H3,(H,18,24)(H,22,23). The van der Waals surface area contributed by atoms with Crippen LogP contribution in [0.3, 0.4) is 0 Å². The molecule has 2 aromatic rings. The molecule has 0 saturated heterocycles. The Bertz CT molecular complexity index is 798. The molecule has 26 heavy (non-hydrogen) atoms. The number of carboxylic acids is 1. The second-order valence-corrected chi connectivity index (χ2v) is 5.83. The van der Waals surface area contributed by atoms with Gasteiger partial charge in [0.15, 0.2) is 0 Å². The van der Waals surface area contributed by atoms with E-state index in [9.17, 15) is 19.7 Å². The molecule has 0 aliphatic heterocycles. The molecule has 9 nitrogen and oxygen atoms in total. The Hall–Kier alpha value is -3.23. The summed E-state index contributed by atoms with van der Waals surface area (Å²) in [6.07, 6.45) is 3.70. The zero-order valence-corrected chi connectivity index (χ0v) is 14.3. The Balaban J connectivity index is 2.00. The number of nitrogens with one attached hydrogen (secondary N) is 1. The fourth-order valence-electron chi connectivity index (χ4n) is 2.48. The van der Waals surface area contributed by atoms with Gasteiger partial charge >= 0.3 is 5.97 Å². The molecule has 1 heterocycles. The molecule has 0 aliphatic carbocycles. The number of nitrogens with zero attached hydrogens (tertiary/aromatic N) is 3. The highest BCUT2D eigenvalue weighted by Gasteiger charge is 2.17. The van der Waals surface area contributed by atoms with Gasteiger partial charge in [-0.15, -0.1) is 0 Å². The molecule has 0 aliphatic rings. The number of aromatic nitrogens is 2. The molecule has 1 amide bonds. The van der Waals surface area contributed by atoms with Crippen molar-refractivity contribution in [1.82, 2.24) is 15.1 Å². The third-order valence-electron chi connectivity index (χ3n) is 3.78.